The Hall–Kier alpha value is -1.46. The zero-order chi connectivity index (χ0) is 20.4. The van der Waals surface area contributed by atoms with Crippen molar-refractivity contribution in [3.8, 4) is 0 Å². The first kappa shape index (κ1) is 20.8. The minimum Gasteiger partial charge on any atom is -0.373 e. The van der Waals surface area contributed by atoms with Crippen molar-refractivity contribution in [3.05, 3.63) is 35.6 Å². The third-order valence-corrected chi connectivity index (χ3v) is 7.18. The van der Waals surface area contributed by atoms with Gasteiger partial charge in [0.15, 0.2) is 0 Å². The van der Waals surface area contributed by atoms with Crippen LogP contribution in [-0.4, -0.2) is 60.6 Å². The Morgan fingerprint density at radius 1 is 1.07 bits per heavy atom. The highest BCUT2D eigenvalue weighted by molar-refractivity contribution is 5.88. The normalized spacial score (nSPS) is 28.6. The summed E-state index contributed by atoms with van der Waals surface area (Å²) in [6.45, 7) is 9.14. The van der Waals surface area contributed by atoms with Gasteiger partial charge in [-0.15, -0.1) is 0 Å². The van der Waals surface area contributed by atoms with Gasteiger partial charge >= 0.3 is 0 Å². The van der Waals surface area contributed by atoms with E-state index in [1.807, 2.05) is 12.1 Å². The molecule has 2 heterocycles. The molecule has 0 radical (unpaired) electrons. The molecule has 2 aliphatic heterocycles. The van der Waals surface area contributed by atoms with Gasteiger partial charge in [-0.3, -0.25) is 9.69 Å². The van der Waals surface area contributed by atoms with Crippen LogP contribution < -0.4 is 0 Å². The Labute approximate surface area is 174 Å². The fraction of sp³-hybridized carbons (Fsp3) is 0.708. The largest absolute Gasteiger partial charge is 0.373 e. The van der Waals surface area contributed by atoms with Gasteiger partial charge in [0.25, 0.3) is 0 Å². The summed E-state index contributed by atoms with van der Waals surface area (Å²) in [5.41, 5.74) is 0.565. The molecular formula is C24H35FN2O2. The average molecular weight is 403 g/mol. The maximum atomic E-state index is 13.6. The molecule has 5 heteroatoms. The van der Waals surface area contributed by atoms with Crippen LogP contribution in [0.5, 0.6) is 0 Å². The van der Waals surface area contributed by atoms with E-state index in [0.29, 0.717) is 18.1 Å². The molecule has 1 aromatic rings. The summed E-state index contributed by atoms with van der Waals surface area (Å²) in [5.74, 6) is 0.692. The Balaban J connectivity index is 1.37. The van der Waals surface area contributed by atoms with E-state index in [4.69, 9.17) is 4.74 Å². The van der Waals surface area contributed by atoms with Crippen molar-refractivity contribution >= 4 is 5.91 Å². The number of carbonyl (C=O) groups is 1. The SMILES string of the molecule is CC1CN(CC2CCN(C(=O)C3(c4ccc(F)cc4)CCCC3)CC2)CC(C)O1. The molecular weight excluding hydrogens is 367 g/mol. The number of nitrogens with zero attached hydrogens (tertiary/aromatic N) is 2. The van der Waals surface area contributed by atoms with Crippen molar-refractivity contribution in [1.82, 2.24) is 9.80 Å². The lowest BCUT2D eigenvalue weighted by Crippen LogP contribution is -2.51. The lowest BCUT2D eigenvalue weighted by Gasteiger charge is -2.41. The van der Waals surface area contributed by atoms with Crippen LogP contribution >= 0.6 is 0 Å². The molecule has 1 amide bonds. The number of rotatable bonds is 4. The molecule has 2 unspecified atom stereocenters. The lowest BCUT2D eigenvalue weighted by molar-refractivity contribution is -0.139. The van der Waals surface area contributed by atoms with E-state index in [9.17, 15) is 9.18 Å². The summed E-state index contributed by atoms with van der Waals surface area (Å²) in [5, 5.41) is 0. The Morgan fingerprint density at radius 2 is 1.66 bits per heavy atom. The monoisotopic (exact) mass is 402 g/mol. The lowest BCUT2D eigenvalue weighted by atomic mass is 9.77. The third kappa shape index (κ3) is 4.51. The van der Waals surface area contributed by atoms with Crippen molar-refractivity contribution in [2.75, 3.05) is 32.7 Å². The molecule has 0 spiro atoms. The molecule has 1 aromatic carbocycles. The highest BCUT2D eigenvalue weighted by atomic mass is 19.1. The Morgan fingerprint density at radius 3 is 2.24 bits per heavy atom. The third-order valence-electron chi connectivity index (χ3n) is 7.18. The summed E-state index contributed by atoms with van der Waals surface area (Å²) in [6, 6.07) is 6.65. The number of amides is 1. The van der Waals surface area contributed by atoms with Gasteiger partial charge in [0.1, 0.15) is 5.82 Å². The smallest absolute Gasteiger partial charge is 0.233 e. The summed E-state index contributed by atoms with van der Waals surface area (Å²) in [7, 11) is 0. The van der Waals surface area contributed by atoms with Crippen molar-refractivity contribution in [2.45, 2.75) is 70.0 Å². The molecule has 3 fully saturated rings. The van der Waals surface area contributed by atoms with Gasteiger partial charge in [-0.1, -0.05) is 25.0 Å². The highest BCUT2D eigenvalue weighted by Gasteiger charge is 2.45. The number of carbonyl (C=O) groups excluding carboxylic acids is 1. The second kappa shape index (κ2) is 8.73. The fourth-order valence-electron chi connectivity index (χ4n) is 5.79. The van der Waals surface area contributed by atoms with E-state index in [1.54, 1.807) is 0 Å². The van der Waals surface area contributed by atoms with Crippen molar-refractivity contribution in [3.63, 3.8) is 0 Å². The van der Waals surface area contributed by atoms with Gasteiger partial charge in [0, 0.05) is 32.7 Å². The van der Waals surface area contributed by atoms with Crippen LogP contribution in [0.2, 0.25) is 0 Å². The molecule has 1 saturated carbocycles. The predicted octanol–water partition coefficient (Wildman–Crippen LogP) is 3.99. The number of likely N-dealkylation sites (tertiary alicyclic amines) is 1. The van der Waals surface area contributed by atoms with Crippen LogP contribution in [0.4, 0.5) is 4.39 Å². The first-order chi connectivity index (χ1) is 14.0. The van der Waals surface area contributed by atoms with E-state index >= 15 is 0 Å². The van der Waals surface area contributed by atoms with Crippen molar-refractivity contribution in [1.29, 1.82) is 0 Å². The number of morpholine rings is 1. The van der Waals surface area contributed by atoms with Gasteiger partial charge in [-0.2, -0.15) is 0 Å². The molecule has 4 nitrogen and oxygen atoms in total. The highest BCUT2D eigenvalue weighted by Crippen LogP contribution is 2.43. The molecule has 3 aliphatic rings. The summed E-state index contributed by atoms with van der Waals surface area (Å²) in [4.78, 5) is 18.2. The van der Waals surface area contributed by atoms with Crippen LogP contribution in [0.1, 0.15) is 57.9 Å². The number of ether oxygens (including phenoxy) is 1. The molecule has 29 heavy (non-hydrogen) atoms. The van der Waals surface area contributed by atoms with E-state index in [2.05, 4.69) is 23.6 Å². The van der Waals surface area contributed by atoms with Gasteiger partial charge in [0.2, 0.25) is 5.91 Å². The number of piperidine rings is 1. The van der Waals surface area contributed by atoms with Gasteiger partial charge in [-0.05, 0) is 63.1 Å². The Kier molecular flexibility index (Phi) is 6.26. The number of hydrogen-bond donors (Lipinski definition) is 0. The molecule has 0 N–H and O–H groups in total. The minimum absolute atomic E-state index is 0.234. The number of halogens is 1. The van der Waals surface area contributed by atoms with E-state index in [-0.39, 0.29) is 11.7 Å². The maximum Gasteiger partial charge on any atom is 0.233 e. The van der Waals surface area contributed by atoms with Crippen LogP contribution in [0.15, 0.2) is 24.3 Å². The van der Waals surface area contributed by atoms with Crippen LogP contribution in [-0.2, 0) is 14.9 Å². The van der Waals surface area contributed by atoms with Gasteiger partial charge in [0.05, 0.1) is 17.6 Å². The van der Waals surface area contributed by atoms with E-state index in [1.165, 1.54) is 12.1 Å². The molecule has 2 saturated heterocycles. The first-order valence-electron chi connectivity index (χ1n) is 11.4. The fourth-order valence-corrected chi connectivity index (χ4v) is 5.79. The van der Waals surface area contributed by atoms with Gasteiger partial charge < -0.3 is 9.64 Å². The first-order valence-corrected chi connectivity index (χ1v) is 11.4. The number of hydrogen-bond acceptors (Lipinski definition) is 3. The predicted molar refractivity (Wildman–Crippen MR) is 112 cm³/mol. The summed E-state index contributed by atoms with van der Waals surface area (Å²) in [6.07, 6.45) is 6.69. The molecule has 160 valence electrons. The van der Waals surface area contributed by atoms with Crippen molar-refractivity contribution < 1.29 is 13.9 Å². The summed E-state index contributed by atoms with van der Waals surface area (Å²) < 4.78 is 19.3. The zero-order valence-electron chi connectivity index (χ0n) is 17.9. The molecule has 1 aliphatic carbocycles. The summed E-state index contributed by atoms with van der Waals surface area (Å²) >= 11 is 0. The maximum absolute atomic E-state index is 13.6. The van der Waals surface area contributed by atoms with Crippen LogP contribution in [0.25, 0.3) is 0 Å². The second-order valence-corrected chi connectivity index (χ2v) is 9.51. The standard InChI is InChI=1S/C24H35FN2O2/c1-18-15-26(16-19(2)29-18)17-20-9-13-27(14-10-20)23(28)24(11-3-4-12-24)21-5-7-22(25)8-6-21/h5-8,18-20H,3-4,9-17H2,1-2H3. The zero-order valence-corrected chi connectivity index (χ0v) is 17.9. The quantitative estimate of drug-likeness (QED) is 0.764. The second-order valence-electron chi connectivity index (χ2n) is 9.51. The molecule has 0 aromatic heterocycles. The van der Waals surface area contributed by atoms with Gasteiger partial charge in [-0.25, -0.2) is 4.39 Å². The molecule has 4 rings (SSSR count). The number of benzene rings is 1. The van der Waals surface area contributed by atoms with E-state index in [0.717, 1.165) is 76.8 Å². The topological polar surface area (TPSA) is 32.8 Å². The molecule has 0 bridgehead atoms. The Bertz CT molecular complexity index is 683. The van der Waals surface area contributed by atoms with Crippen LogP contribution in [0, 0.1) is 11.7 Å². The van der Waals surface area contributed by atoms with Crippen LogP contribution in [0.3, 0.4) is 0 Å². The molecule has 2 atom stereocenters. The minimum atomic E-state index is -0.435. The van der Waals surface area contributed by atoms with Crippen molar-refractivity contribution in [2.24, 2.45) is 5.92 Å². The average Bonchev–Trinajstić information content (AvgIpc) is 3.19. The van der Waals surface area contributed by atoms with E-state index < -0.39 is 5.41 Å².